The quantitative estimate of drug-likeness (QED) is 0.601. The molecule has 1 fully saturated rings. The summed E-state index contributed by atoms with van der Waals surface area (Å²) in [5.74, 6) is 1.15. The predicted octanol–water partition coefficient (Wildman–Crippen LogP) is 3.01. The average molecular weight is 373 g/mol. The van der Waals surface area contributed by atoms with E-state index in [0.717, 1.165) is 60.5 Å². The second-order valence-electron chi connectivity index (χ2n) is 7.41. The first kappa shape index (κ1) is 17.0. The molecule has 0 spiro atoms. The van der Waals surface area contributed by atoms with Gasteiger partial charge in [-0.05, 0) is 24.3 Å². The molecular weight excluding hydrogens is 350 g/mol. The molecule has 1 aliphatic rings. The lowest BCUT2D eigenvalue weighted by Gasteiger charge is -2.34. The molecule has 2 aromatic heterocycles. The van der Waals surface area contributed by atoms with E-state index in [0.29, 0.717) is 5.69 Å². The number of carbonyl (C=O) groups excluding carboxylic acids is 1. The number of hydrogen-bond acceptors (Lipinski definition) is 3. The number of rotatable bonds is 3. The minimum Gasteiger partial charge on any atom is -0.351 e. The van der Waals surface area contributed by atoms with Crippen molar-refractivity contribution in [3.8, 4) is 0 Å². The second kappa shape index (κ2) is 6.80. The number of nitrogens with zero attached hydrogens (tertiary/aromatic N) is 4. The van der Waals surface area contributed by atoms with Gasteiger partial charge in [-0.2, -0.15) is 0 Å². The lowest BCUT2D eigenvalue weighted by atomic mass is 10.2. The van der Waals surface area contributed by atoms with Gasteiger partial charge < -0.3 is 14.5 Å². The minimum absolute atomic E-state index is 0.0820. The van der Waals surface area contributed by atoms with Crippen molar-refractivity contribution in [2.24, 2.45) is 7.05 Å². The van der Waals surface area contributed by atoms with Crippen LogP contribution in [0.25, 0.3) is 21.9 Å². The van der Waals surface area contributed by atoms with Crippen molar-refractivity contribution in [1.82, 2.24) is 24.3 Å². The van der Waals surface area contributed by atoms with Crippen molar-refractivity contribution < 1.29 is 4.79 Å². The number of benzene rings is 2. The number of carbonyl (C=O) groups is 1. The molecule has 0 bridgehead atoms. The number of piperazine rings is 1. The number of hydrogen-bond donors (Lipinski definition) is 1. The highest BCUT2D eigenvalue weighted by Gasteiger charge is 2.24. The number of imidazole rings is 1. The third kappa shape index (κ3) is 2.96. The van der Waals surface area contributed by atoms with E-state index in [9.17, 15) is 4.79 Å². The van der Waals surface area contributed by atoms with Crippen molar-refractivity contribution >= 4 is 27.8 Å². The molecule has 2 aromatic carbocycles. The first-order valence-electron chi connectivity index (χ1n) is 9.69. The van der Waals surface area contributed by atoms with Crippen LogP contribution in [-0.2, 0) is 13.6 Å². The van der Waals surface area contributed by atoms with E-state index in [1.54, 1.807) is 0 Å². The molecule has 0 atom stereocenters. The summed E-state index contributed by atoms with van der Waals surface area (Å²) < 4.78 is 2.16. The van der Waals surface area contributed by atoms with Crippen LogP contribution < -0.4 is 0 Å². The van der Waals surface area contributed by atoms with Gasteiger partial charge in [-0.15, -0.1) is 0 Å². The number of aromatic nitrogens is 3. The molecule has 5 rings (SSSR count). The van der Waals surface area contributed by atoms with Crippen molar-refractivity contribution in [1.29, 1.82) is 0 Å². The Labute approximate surface area is 163 Å². The molecule has 1 saturated heterocycles. The molecule has 1 amide bonds. The van der Waals surface area contributed by atoms with E-state index >= 15 is 0 Å². The second-order valence-corrected chi connectivity index (χ2v) is 7.41. The molecule has 1 N–H and O–H groups in total. The zero-order valence-electron chi connectivity index (χ0n) is 15.9. The summed E-state index contributed by atoms with van der Waals surface area (Å²) in [6, 6.07) is 18.2. The normalized spacial score (nSPS) is 15.5. The molecule has 142 valence electrons. The van der Waals surface area contributed by atoms with Gasteiger partial charge in [-0.25, -0.2) is 4.98 Å². The standard InChI is InChI=1S/C22H23N5O/c1-25-20-9-5-4-8-18(20)24-21(25)15-26-10-12-27(13-11-26)22(28)19-14-16-6-2-3-7-17(16)23-19/h2-9,14,23H,10-13,15H2,1H3. The van der Waals surface area contributed by atoms with Gasteiger partial charge in [0.2, 0.25) is 0 Å². The Morgan fingerprint density at radius 1 is 1.04 bits per heavy atom. The maximum Gasteiger partial charge on any atom is 0.270 e. The Balaban J connectivity index is 1.25. The van der Waals surface area contributed by atoms with Crippen LogP contribution in [-0.4, -0.2) is 56.4 Å². The summed E-state index contributed by atoms with van der Waals surface area (Å²) in [5.41, 5.74) is 3.87. The van der Waals surface area contributed by atoms with Gasteiger partial charge in [0.1, 0.15) is 11.5 Å². The van der Waals surface area contributed by atoms with Gasteiger partial charge in [0, 0.05) is 44.1 Å². The van der Waals surface area contributed by atoms with Crippen molar-refractivity contribution in [3.05, 3.63) is 66.1 Å². The van der Waals surface area contributed by atoms with Crippen LogP contribution in [0, 0.1) is 0 Å². The molecule has 6 nitrogen and oxygen atoms in total. The topological polar surface area (TPSA) is 57.2 Å². The van der Waals surface area contributed by atoms with Gasteiger partial charge in [0.05, 0.1) is 17.6 Å². The van der Waals surface area contributed by atoms with Crippen LogP contribution in [0.3, 0.4) is 0 Å². The SMILES string of the molecule is Cn1c(CN2CCN(C(=O)c3cc4ccccc4[nH]3)CC2)nc2ccccc21. The summed E-state index contributed by atoms with van der Waals surface area (Å²) >= 11 is 0. The smallest absolute Gasteiger partial charge is 0.270 e. The van der Waals surface area contributed by atoms with Gasteiger partial charge in [0.25, 0.3) is 5.91 Å². The molecule has 28 heavy (non-hydrogen) atoms. The van der Waals surface area contributed by atoms with E-state index in [1.165, 1.54) is 0 Å². The lowest BCUT2D eigenvalue weighted by Crippen LogP contribution is -2.48. The van der Waals surface area contributed by atoms with Crippen LogP contribution >= 0.6 is 0 Å². The maximum absolute atomic E-state index is 12.9. The Hall–Kier alpha value is -3.12. The molecular formula is C22H23N5O. The van der Waals surface area contributed by atoms with Gasteiger partial charge >= 0.3 is 0 Å². The zero-order chi connectivity index (χ0) is 19.1. The molecule has 3 heterocycles. The van der Waals surface area contributed by atoms with E-state index in [1.807, 2.05) is 47.4 Å². The van der Waals surface area contributed by atoms with E-state index in [4.69, 9.17) is 4.98 Å². The van der Waals surface area contributed by atoms with Crippen molar-refractivity contribution in [2.75, 3.05) is 26.2 Å². The molecule has 6 heteroatoms. The molecule has 0 radical (unpaired) electrons. The fourth-order valence-electron chi connectivity index (χ4n) is 4.00. The van der Waals surface area contributed by atoms with Crippen LogP contribution in [0.15, 0.2) is 54.6 Å². The fourth-order valence-corrected chi connectivity index (χ4v) is 4.00. The molecule has 4 aromatic rings. The summed E-state index contributed by atoms with van der Waals surface area (Å²) in [6.07, 6.45) is 0. The highest BCUT2D eigenvalue weighted by Crippen LogP contribution is 2.19. The van der Waals surface area contributed by atoms with Crippen LogP contribution in [0.5, 0.6) is 0 Å². The third-order valence-corrected chi connectivity index (χ3v) is 5.66. The van der Waals surface area contributed by atoms with Gasteiger partial charge in [-0.1, -0.05) is 30.3 Å². The van der Waals surface area contributed by atoms with Crippen LogP contribution in [0.1, 0.15) is 16.3 Å². The van der Waals surface area contributed by atoms with Crippen LogP contribution in [0.2, 0.25) is 0 Å². The number of aryl methyl sites for hydroxylation is 1. The molecule has 0 aliphatic carbocycles. The largest absolute Gasteiger partial charge is 0.351 e. The molecule has 0 unspecified atom stereocenters. The third-order valence-electron chi connectivity index (χ3n) is 5.66. The van der Waals surface area contributed by atoms with E-state index in [2.05, 4.69) is 33.6 Å². The van der Waals surface area contributed by atoms with Crippen molar-refractivity contribution in [3.63, 3.8) is 0 Å². The molecule has 1 aliphatic heterocycles. The van der Waals surface area contributed by atoms with Gasteiger partial charge in [0.15, 0.2) is 0 Å². The number of nitrogens with one attached hydrogen (secondary N) is 1. The summed E-state index contributed by atoms with van der Waals surface area (Å²) in [6.45, 7) is 3.99. The zero-order valence-corrected chi connectivity index (χ0v) is 15.9. The maximum atomic E-state index is 12.9. The first-order valence-corrected chi connectivity index (χ1v) is 9.69. The molecule has 0 saturated carbocycles. The van der Waals surface area contributed by atoms with Gasteiger partial charge in [-0.3, -0.25) is 9.69 Å². The Morgan fingerprint density at radius 2 is 1.79 bits per heavy atom. The lowest BCUT2D eigenvalue weighted by molar-refractivity contribution is 0.0620. The summed E-state index contributed by atoms with van der Waals surface area (Å²) in [7, 11) is 2.07. The first-order chi connectivity index (χ1) is 13.7. The Morgan fingerprint density at radius 3 is 2.57 bits per heavy atom. The van der Waals surface area contributed by atoms with E-state index in [-0.39, 0.29) is 5.91 Å². The van der Waals surface area contributed by atoms with Crippen molar-refractivity contribution in [2.45, 2.75) is 6.54 Å². The minimum atomic E-state index is 0.0820. The number of fused-ring (bicyclic) bond motifs is 2. The monoisotopic (exact) mass is 373 g/mol. The fraction of sp³-hybridized carbons (Fsp3) is 0.273. The Bertz CT molecular complexity index is 1120. The average Bonchev–Trinajstić information content (AvgIpc) is 3.30. The predicted molar refractivity (Wildman–Crippen MR) is 110 cm³/mol. The Kier molecular flexibility index (Phi) is 4.13. The summed E-state index contributed by atoms with van der Waals surface area (Å²) in [4.78, 5) is 25.2. The van der Waals surface area contributed by atoms with E-state index < -0.39 is 0 Å². The number of amides is 1. The highest BCUT2D eigenvalue weighted by atomic mass is 16.2. The summed E-state index contributed by atoms with van der Waals surface area (Å²) in [5, 5.41) is 1.08. The van der Waals surface area contributed by atoms with Crippen LogP contribution in [0.4, 0.5) is 0 Å². The number of para-hydroxylation sites is 3. The highest BCUT2D eigenvalue weighted by molar-refractivity contribution is 5.98. The number of H-pyrrole nitrogens is 1. The number of aromatic amines is 1.